The molecule has 0 aliphatic heterocycles. The molecule has 0 radical (unpaired) electrons. The molecule has 0 aliphatic rings. The lowest BCUT2D eigenvalue weighted by Crippen LogP contribution is -2.26. The Morgan fingerprint density at radius 3 is 2.70 bits per heavy atom. The van der Waals surface area contributed by atoms with Crippen molar-refractivity contribution in [2.75, 3.05) is 12.5 Å². The number of amides is 1. The molecule has 0 aromatic rings. The Hall–Kier alpha value is -0.280. The summed E-state index contributed by atoms with van der Waals surface area (Å²) in [5.41, 5.74) is 2.19. The topological polar surface area (TPSA) is 38.3 Å². The average molecular weight is 166 g/mol. The van der Waals surface area contributed by atoms with Gasteiger partial charge in [0.15, 0.2) is 0 Å². The molecule has 0 heterocycles. The molecule has 0 rings (SSSR count). The van der Waals surface area contributed by atoms with Crippen LogP contribution in [0.4, 0.5) is 0 Å². The monoisotopic (exact) mass is 165 g/mol. The summed E-state index contributed by atoms with van der Waals surface area (Å²) in [6.07, 6.45) is 0. The number of rotatable bonds is 4. The van der Waals surface area contributed by atoms with E-state index in [0.717, 1.165) is 0 Å². The van der Waals surface area contributed by atoms with Crippen molar-refractivity contribution in [2.45, 2.75) is 13.8 Å². The molecule has 0 saturated heterocycles. The molecule has 0 aromatic carbocycles. The first-order valence-corrected chi connectivity index (χ1v) is 3.67. The Morgan fingerprint density at radius 1 is 1.70 bits per heavy atom. The lowest BCUT2D eigenvalue weighted by molar-refractivity contribution is -0.131. The number of carbonyl (C=O) groups excluding carboxylic acids is 1. The van der Waals surface area contributed by atoms with Gasteiger partial charge in [0.1, 0.15) is 5.88 Å². The van der Waals surface area contributed by atoms with Crippen molar-refractivity contribution in [1.82, 2.24) is 5.48 Å². The van der Waals surface area contributed by atoms with Gasteiger partial charge in [0.05, 0.1) is 6.61 Å². The molecule has 0 spiro atoms. The normalized spacial score (nSPS) is 10.0. The number of nitrogens with one attached hydrogen (secondary N) is 1. The number of alkyl halides is 1. The smallest absolute Gasteiger partial charge is 0.258 e. The van der Waals surface area contributed by atoms with E-state index >= 15 is 0 Å². The summed E-state index contributed by atoms with van der Waals surface area (Å²) < 4.78 is 0. The molecule has 3 nitrogen and oxygen atoms in total. The summed E-state index contributed by atoms with van der Waals surface area (Å²) in [5.74, 6) is 0.0518. The summed E-state index contributed by atoms with van der Waals surface area (Å²) in [4.78, 5) is 15.2. The standard InChI is InChI=1S/C6H12ClNO2/c1-5(2)4-10-8-6(9)3-7/h5H,3-4H2,1-2H3,(H,8,9). The molecule has 4 heteroatoms. The van der Waals surface area contributed by atoms with Crippen molar-refractivity contribution >= 4 is 17.5 Å². The van der Waals surface area contributed by atoms with E-state index in [0.29, 0.717) is 12.5 Å². The summed E-state index contributed by atoms with van der Waals surface area (Å²) in [6.45, 7) is 4.50. The second-order valence-corrected chi connectivity index (χ2v) is 2.63. The Morgan fingerprint density at radius 2 is 2.30 bits per heavy atom. The SMILES string of the molecule is CC(C)CONC(=O)CCl. The first-order valence-electron chi connectivity index (χ1n) is 3.13. The zero-order chi connectivity index (χ0) is 7.98. The number of carbonyl (C=O) groups is 1. The second kappa shape index (κ2) is 5.50. The predicted octanol–water partition coefficient (Wildman–Crippen LogP) is 0.929. The van der Waals surface area contributed by atoms with Gasteiger partial charge in [-0.05, 0) is 5.92 Å². The van der Waals surface area contributed by atoms with Crippen molar-refractivity contribution in [3.8, 4) is 0 Å². The summed E-state index contributed by atoms with van der Waals surface area (Å²) in [5, 5.41) is 0. The van der Waals surface area contributed by atoms with Crippen LogP contribution in [-0.4, -0.2) is 18.4 Å². The van der Waals surface area contributed by atoms with Gasteiger partial charge in [-0.15, -0.1) is 11.6 Å². The molecular formula is C6H12ClNO2. The van der Waals surface area contributed by atoms with E-state index in [-0.39, 0.29) is 11.8 Å². The van der Waals surface area contributed by atoms with Gasteiger partial charge < -0.3 is 0 Å². The van der Waals surface area contributed by atoms with Crippen LogP contribution in [0.5, 0.6) is 0 Å². The number of halogens is 1. The molecule has 0 atom stereocenters. The second-order valence-electron chi connectivity index (χ2n) is 2.36. The van der Waals surface area contributed by atoms with Crippen LogP contribution < -0.4 is 5.48 Å². The van der Waals surface area contributed by atoms with Gasteiger partial charge in [-0.1, -0.05) is 13.8 Å². The van der Waals surface area contributed by atoms with E-state index in [9.17, 15) is 4.79 Å². The fourth-order valence-electron chi connectivity index (χ4n) is 0.316. The van der Waals surface area contributed by atoms with E-state index in [2.05, 4.69) is 5.48 Å². The van der Waals surface area contributed by atoms with Crippen LogP contribution in [-0.2, 0) is 9.63 Å². The molecule has 0 saturated carbocycles. The van der Waals surface area contributed by atoms with Gasteiger partial charge in [0, 0.05) is 0 Å². The third-order valence-corrected chi connectivity index (χ3v) is 0.967. The average Bonchev–Trinajstić information content (AvgIpc) is 1.87. The van der Waals surface area contributed by atoms with E-state index in [1.807, 2.05) is 13.8 Å². The van der Waals surface area contributed by atoms with Crippen molar-refractivity contribution in [2.24, 2.45) is 5.92 Å². The Labute approximate surface area is 65.6 Å². The molecule has 0 aliphatic carbocycles. The highest BCUT2D eigenvalue weighted by Crippen LogP contribution is 1.89. The molecule has 60 valence electrons. The van der Waals surface area contributed by atoms with E-state index in [1.165, 1.54) is 0 Å². The maximum absolute atomic E-state index is 10.4. The highest BCUT2D eigenvalue weighted by Gasteiger charge is 1.97. The summed E-state index contributed by atoms with van der Waals surface area (Å²) >= 11 is 5.18. The first kappa shape index (κ1) is 9.72. The first-order chi connectivity index (χ1) is 4.66. The Balaban J connectivity index is 3.12. The quantitative estimate of drug-likeness (QED) is 0.497. The fraction of sp³-hybridized carbons (Fsp3) is 0.833. The number of hydrogen-bond donors (Lipinski definition) is 1. The largest absolute Gasteiger partial charge is 0.273 e. The molecule has 0 bridgehead atoms. The van der Waals surface area contributed by atoms with Crippen LogP contribution in [0, 0.1) is 5.92 Å². The highest BCUT2D eigenvalue weighted by molar-refractivity contribution is 6.27. The summed E-state index contributed by atoms with van der Waals surface area (Å²) in [6, 6.07) is 0. The van der Waals surface area contributed by atoms with Crippen LogP contribution >= 0.6 is 11.6 Å². The molecule has 1 amide bonds. The minimum absolute atomic E-state index is 0.0574. The zero-order valence-corrected chi connectivity index (χ0v) is 6.94. The fourth-order valence-corrected chi connectivity index (χ4v) is 0.371. The Kier molecular flexibility index (Phi) is 5.35. The lowest BCUT2D eigenvalue weighted by atomic mass is 10.2. The van der Waals surface area contributed by atoms with Crippen molar-refractivity contribution in [3.05, 3.63) is 0 Å². The van der Waals surface area contributed by atoms with Gasteiger partial charge in [-0.2, -0.15) is 0 Å². The van der Waals surface area contributed by atoms with E-state index in [4.69, 9.17) is 16.4 Å². The maximum Gasteiger partial charge on any atom is 0.258 e. The van der Waals surface area contributed by atoms with Gasteiger partial charge >= 0.3 is 0 Å². The molecule has 0 unspecified atom stereocenters. The third-order valence-electron chi connectivity index (χ3n) is 0.724. The highest BCUT2D eigenvalue weighted by atomic mass is 35.5. The van der Waals surface area contributed by atoms with Crippen LogP contribution in [0.1, 0.15) is 13.8 Å². The van der Waals surface area contributed by atoms with Gasteiger partial charge in [-0.25, -0.2) is 5.48 Å². The Bertz CT molecular complexity index is 106. The van der Waals surface area contributed by atoms with Crippen LogP contribution in [0.25, 0.3) is 0 Å². The zero-order valence-electron chi connectivity index (χ0n) is 6.19. The minimum atomic E-state index is -0.303. The van der Waals surface area contributed by atoms with Crippen molar-refractivity contribution < 1.29 is 9.63 Å². The maximum atomic E-state index is 10.4. The summed E-state index contributed by atoms with van der Waals surface area (Å²) in [7, 11) is 0. The lowest BCUT2D eigenvalue weighted by Gasteiger charge is -2.05. The van der Waals surface area contributed by atoms with E-state index < -0.39 is 0 Å². The molecule has 1 N–H and O–H groups in total. The van der Waals surface area contributed by atoms with Crippen LogP contribution in [0.2, 0.25) is 0 Å². The van der Waals surface area contributed by atoms with Crippen LogP contribution in [0.3, 0.4) is 0 Å². The van der Waals surface area contributed by atoms with Crippen molar-refractivity contribution in [1.29, 1.82) is 0 Å². The molecule has 0 fully saturated rings. The van der Waals surface area contributed by atoms with Gasteiger partial charge in [0.25, 0.3) is 5.91 Å². The number of hydroxylamine groups is 1. The van der Waals surface area contributed by atoms with Gasteiger partial charge in [-0.3, -0.25) is 9.63 Å². The van der Waals surface area contributed by atoms with Crippen molar-refractivity contribution in [3.63, 3.8) is 0 Å². The predicted molar refractivity (Wildman–Crippen MR) is 39.7 cm³/mol. The van der Waals surface area contributed by atoms with E-state index in [1.54, 1.807) is 0 Å². The number of hydrogen-bond acceptors (Lipinski definition) is 2. The molecule has 10 heavy (non-hydrogen) atoms. The molecule has 0 aromatic heterocycles. The van der Waals surface area contributed by atoms with Crippen LogP contribution in [0.15, 0.2) is 0 Å². The van der Waals surface area contributed by atoms with Gasteiger partial charge in [0.2, 0.25) is 0 Å². The molecular weight excluding hydrogens is 154 g/mol. The third kappa shape index (κ3) is 5.85. The minimum Gasteiger partial charge on any atom is -0.273 e.